The Kier molecular flexibility index (Phi) is 7.81. The highest BCUT2D eigenvalue weighted by molar-refractivity contribution is 7.80. The van der Waals surface area contributed by atoms with Gasteiger partial charge in [-0.2, -0.15) is 9.97 Å². The summed E-state index contributed by atoms with van der Waals surface area (Å²) in [7, 11) is 1.69. The molecule has 0 radical (unpaired) electrons. The maximum absolute atomic E-state index is 5.46. The number of thiocarbonyl (C=S) groups is 1. The molecule has 27 heavy (non-hydrogen) atoms. The maximum Gasteiger partial charge on any atom is 0.232 e. The number of methoxy groups -OCH3 is 1. The molecular weight excluding hydrogens is 368 g/mol. The van der Waals surface area contributed by atoms with Gasteiger partial charge in [-0.1, -0.05) is 0 Å². The highest BCUT2D eigenvalue weighted by Gasteiger charge is 2.19. The number of rotatable bonds is 7. The van der Waals surface area contributed by atoms with Gasteiger partial charge in [0.25, 0.3) is 0 Å². The number of morpholine rings is 2. The largest absolute Gasteiger partial charge is 0.385 e. The van der Waals surface area contributed by atoms with Crippen LogP contribution in [0.5, 0.6) is 0 Å². The molecule has 0 spiro atoms. The fourth-order valence-electron chi connectivity index (χ4n) is 2.95. The van der Waals surface area contributed by atoms with Crippen molar-refractivity contribution >= 4 is 34.9 Å². The molecule has 150 valence electrons. The molecule has 0 bridgehead atoms. The van der Waals surface area contributed by atoms with Gasteiger partial charge in [0, 0.05) is 52.5 Å². The lowest BCUT2D eigenvalue weighted by molar-refractivity contribution is 0.122. The zero-order valence-electron chi connectivity index (χ0n) is 15.8. The number of nitrogens with one attached hydrogen (secondary N) is 2. The molecule has 0 unspecified atom stereocenters. The number of nitrogens with zero attached hydrogens (tertiary/aromatic N) is 4. The summed E-state index contributed by atoms with van der Waals surface area (Å²) in [5.41, 5.74) is 0. The molecule has 1 aromatic heterocycles. The van der Waals surface area contributed by atoms with Crippen molar-refractivity contribution in [2.75, 3.05) is 88.0 Å². The van der Waals surface area contributed by atoms with E-state index in [4.69, 9.17) is 26.4 Å². The summed E-state index contributed by atoms with van der Waals surface area (Å²) in [6.45, 7) is 7.53. The summed E-state index contributed by atoms with van der Waals surface area (Å²) in [6.07, 6.45) is 0.881. The minimum absolute atomic E-state index is 0.504. The van der Waals surface area contributed by atoms with Crippen LogP contribution in [0.1, 0.15) is 6.42 Å². The van der Waals surface area contributed by atoms with Gasteiger partial charge in [-0.3, -0.25) is 0 Å². The average molecular weight is 397 g/mol. The van der Waals surface area contributed by atoms with Crippen LogP contribution in [0.15, 0.2) is 6.07 Å². The quantitative estimate of drug-likeness (QED) is 0.501. The molecule has 10 heteroatoms. The van der Waals surface area contributed by atoms with Crippen molar-refractivity contribution in [2.24, 2.45) is 0 Å². The van der Waals surface area contributed by atoms with Gasteiger partial charge in [-0.25, -0.2) is 0 Å². The van der Waals surface area contributed by atoms with Crippen molar-refractivity contribution in [3.8, 4) is 0 Å². The van der Waals surface area contributed by atoms with Crippen molar-refractivity contribution in [1.29, 1.82) is 0 Å². The molecule has 3 heterocycles. The molecule has 0 aromatic carbocycles. The lowest BCUT2D eigenvalue weighted by Gasteiger charge is -2.31. The van der Waals surface area contributed by atoms with E-state index in [0.29, 0.717) is 44.1 Å². The Morgan fingerprint density at radius 1 is 1.07 bits per heavy atom. The molecule has 3 rings (SSSR count). The first-order valence-corrected chi connectivity index (χ1v) is 9.75. The Morgan fingerprint density at radius 2 is 1.63 bits per heavy atom. The van der Waals surface area contributed by atoms with Crippen LogP contribution in [0, 0.1) is 0 Å². The summed E-state index contributed by atoms with van der Waals surface area (Å²) < 4.78 is 16.0. The molecule has 0 amide bonds. The minimum atomic E-state index is 0.504. The third-order valence-corrected chi connectivity index (χ3v) is 4.65. The zero-order chi connectivity index (χ0) is 18.9. The highest BCUT2D eigenvalue weighted by Crippen LogP contribution is 2.22. The summed E-state index contributed by atoms with van der Waals surface area (Å²) in [6, 6.07) is 2.04. The van der Waals surface area contributed by atoms with Crippen LogP contribution in [0.4, 0.5) is 17.6 Å². The van der Waals surface area contributed by atoms with E-state index < -0.39 is 0 Å². The van der Waals surface area contributed by atoms with Crippen molar-refractivity contribution in [2.45, 2.75) is 6.42 Å². The topological polar surface area (TPSA) is 84.0 Å². The van der Waals surface area contributed by atoms with Crippen molar-refractivity contribution < 1.29 is 14.2 Å². The van der Waals surface area contributed by atoms with Crippen LogP contribution < -0.4 is 20.4 Å². The van der Waals surface area contributed by atoms with Gasteiger partial charge in [0.2, 0.25) is 5.95 Å². The van der Waals surface area contributed by atoms with E-state index in [1.54, 1.807) is 7.11 Å². The number of hydrogen-bond acceptors (Lipinski definition) is 8. The normalized spacial score (nSPS) is 17.7. The summed E-state index contributed by atoms with van der Waals surface area (Å²) in [5.74, 6) is 2.28. The molecule has 2 N–H and O–H groups in total. The molecule has 2 aliphatic rings. The van der Waals surface area contributed by atoms with Crippen LogP contribution in [-0.2, 0) is 14.2 Å². The van der Waals surface area contributed by atoms with Crippen molar-refractivity contribution in [3.63, 3.8) is 0 Å². The van der Waals surface area contributed by atoms with E-state index in [1.807, 2.05) is 6.07 Å². The second kappa shape index (κ2) is 10.5. The van der Waals surface area contributed by atoms with Crippen LogP contribution in [0.25, 0.3) is 0 Å². The standard InChI is InChI=1S/C17H28N6O3S/c1-24-8-2-3-18-17(27)21-16-19-14(22-4-9-25-10-5-22)13-15(20-16)23-6-11-26-12-7-23/h13H,2-12H2,1H3,(H2,18,19,20,21,27). The number of anilines is 3. The summed E-state index contributed by atoms with van der Waals surface area (Å²) in [5, 5.41) is 6.79. The average Bonchev–Trinajstić information content (AvgIpc) is 2.72. The molecule has 2 fully saturated rings. The molecule has 2 aliphatic heterocycles. The predicted molar refractivity (Wildman–Crippen MR) is 109 cm³/mol. The van der Waals surface area contributed by atoms with Gasteiger partial charge in [-0.15, -0.1) is 0 Å². The van der Waals surface area contributed by atoms with E-state index in [2.05, 4.69) is 30.4 Å². The van der Waals surface area contributed by atoms with Crippen LogP contribution in [0.2, 0.25) is 0 Å². The number of ether oxygens (including phenoxy) is 3. The summed E-state index contributed by atoms with van der Waals surface area (Å²) >= 11 is 5.37. The maximum atomic E-state index is 5.46. The van der Waals surface area contributed by atoms with Crippen molar-refractivity contribution in [1.82, 2.24) is 15.3 Å². The molecule has 0 atom stereocenters. The second-order valence-corrected chi connectivity index (χ2v) is 6.74. The molecule has 2 saturated heterocycles. The third-order valence-electron chi connectivity index (χ3n) is 4.41. The van der Waals surface area contributed by atoms with E-state index in [-0.39, 0.29) is 0 Å². The lowest BCUT2D eigenvalue weighted by atomic mass is 10.3. The van der Waals surface area contributed by atoms with E-state index in [1.165, 1.54) is 0 Å². The molecular formula is C17H28N6O3S. The smallest absolute Gasteiger partial charge is 0.232 e. The Hall–Kier alpha value is -1.75. The van der Waals surface area contributed by atoms with Crippen LogP contribution in [0.3, 0.4) is 0 Å². The van der Waals surface area contributed by atoms with Crippen LogP contribution in [-0.4, -0.2) is 87.9 Å². The first-order chi connectivity index (χ1) is 13.3. The Bertz CT molecular complexity index is 572. The van der Waals surface area contributed by atoms with Gasteiger partial charge in [-0.05, 0) is 18.6 Å². The first-order valence-electron chi connectivity index (χ1n) is 9.34. The second-order valence-electron chi connectivity index (χ2n) is 6.33. The van der Waals surface area contributed by atoms with E-state index in [0.717, 1.165) is 50.8 Å². The van der Waals surface area contributed by atoms with E-state index >= 15 is 0 Å². The van der Waals surface area contributed by atoms with E-state index in [9.17, 15) is 0 Å². The van der Waals surface area contributed by atoms with Gasteiger partial charge in [0.1, 0.15) is 11.6 Å². The lowest BCUT2D eigenvalue weighted by Crippen LogP contribution is -2.39. The fraction of sp³-hybridized carbons (Fsp3) is 0.706. The number of aromatic nitrogens is 2. The number of hydrogen-bond donors (Lipinski definition) is 2. The SMILES string of the molecule is COCCCNC(=S)Nc1nc(N2CCOCC2)cc(N2CCOCC2)n1. The Balaban J connectivity index is 1.71. The Labute approximate surface area is 165 Å². The zero-order valence-corrected chi connectivity index (χ0v) is 16.6. The fourth-order valence-corrected chi connectivity index (χ4v) is 3.14. The summed E-state index contributed by atoms with van der Waals surface area (Å²) in [4.78, 5) is 13.8. The van der Waals surface area contributed by atoms with Gasteiger partial charge >= 0.3 is 0 Å². The molecule has 0 aliphatic carbocycles. The van der Waals surface area contributed by atoms with Gasteiger partial charge < -0.3 is 34.6 Å². The van der Waals surface area contributed by atoms with Gasteiger partial charge in [0.15, 0.2) is 5.11 Å². The minimum Gasteiger partial charge on any atom is -0.385 e. The molecule has 9 nitrogen and oxygen atoms in total. The first kappa shape index (κ1) is 20.0. The van der Waals surface area contributed by atoms with Gasteiger partial charge in [0.05, 0.1) is 26.4 Å². The predicted octanol–water partition coefficient (Wildman–Crippen LogP) is 0.473. The Morgan fingerprint density at radius 3 is 2.15 bits per heavy atom. The highest BCUT2D eigenvalue weighted by atomic mass is 32.1. The van der Waals surface area contributed by atoms with Crippen molar-refractivity contribution in [3.05, 3.63) is 6.07 Å². The van der Waals surface area contributed by atoms with Crippen LogP contribution >= 0.6 is 12.2 Å². The molecule has 0 saturated carbocycles. The monoisotopic (exact) mass is 396 g/mol. The molecule has 1 aromatic rings. The third kappa shape index (κ3) is 6.13.